The molecule has 0 aliphatic rings. The molecule has 1 aromatic carbocycles. The third kappa shape index (κ3) is 2.47. The molecule has 0 spiro atoms. The minimum Gasteiger partial charge on any atom is -0.505 e. The van der Waals surface area contributed by atoms with E-state index >= 15 is 0 Å². The average molecular weight is 263 g/mol. The zero-order chi connectivity index (χ0) is 14.0. The number of aromatic nitrogens is 1. The number of aromatic hydroxyl groups is 1. The van der Waals surface area contributed by atoms with Gasteiger partial charge in [0.15, 0.2) is 11.6 Å². The molecule has 98 valence electrons. The zero-order valence-corrected chi connectivity index (χ0v) is 9.92. The number of rotatable bonds is 3. The number of benzene rings is 1. The lowest BCUT2D eigenvalue weighted by Gasteiger charge is -2.06. The number of carboxylic acids is 1. The lowest BCUT2D eigenvalue weighted by Crippen LogP contribution is -1.98. The predicted octanol–water partition coefficient (Wildman–Crippen LogP) is 2.30. The molecule has 6 heteroatoms. The Morgan fingerprint density at radius 2 is 2.11 bits per heavy atom. The molecular formula is C13H10FNO4. The topological polar surface area (TPSA) is 79.7 Å². The number of aromatic carboxylic acids is 1. The summed E-state index contributed by atoms with van der Waals surface area (Å²) in [5, 5.41) is 18.2. The number of ether oxygens (including phenoxy) is 1. The minimum absolute atomic E-state index is 0.0842. The Kier molecular flexibility index (Phi) is 3.33. The van der Waals surface area contributed by atoms with Gasteiger partial charge in [-0.05, 0) is 24.3 Å². The van der Waals surface area contributed by atoms with Crippen molar-refractivity contribution in [2.75, 3.05) is 7.11 Å². The summed E-state index contributed by atoms with van der Waals surface area (Å²) < 4.78 is 18.3. The van der Waals surface area contributed by atoms with Crippen molar-refractivity contribution >= 4 is 5.97 Å². The van der Waals surface area contributed by atoms with Gasteiger partial charge in [-0.2, -0.15) is 0 Å². The Balaban J connectivity index is 2.50. The first kappa shape index (κ1) is 12.8. The van der Waals surface area contributed by atoms with Crippen LogP contribution in [0.5, 0.6) is 11.5 Å². The summed E-state index contributed by atoms with van der Waals surface area (Å²) in [6.07, 6.45) is 1.01. The Morgan fingerprint density at radius 3 is 2.68 bits per heavy atom. The highest BCUT2D eigenvalue weighted by atomic mass is 19.1. The molecule has 0 unspecified atom stereocenters. The summed E-state index contributed by atoms with van der Waals surface area (Å²) in [5.41, 5.74) is 0.346. The quantitative estimate of drug-likeness (QED) is 0.888. The molecule has 2 aromatic rings. The molecule has 0 saturated heterocycles. The van der Waals surface area contributed by atoms with Gasteiger partial charge < -0.3 is 14.9 Å². The van der Waals surface area contributed by atoms with Gasteiger partial charge in [0.05, 0.1) is 19.0 Å². The number of nitrogens with zero attached hydrogens (tertiary/aromatic N) is 1. The maximum absolute atomic E-state index is 13.6. The van der Waals surface area contributed by atoms with Gasteiger partial charge in [0.1, 0.15) is 11.3 Å². The molecule has 0 aliphatic heterocycles. The van der Waals surface area contributed by atoms with Crippen LogP contribution in [0.25, 0.3) is 11.3 Å². The molecule has 5 nitrogen and oxygen atoms in total. The standard InChI is InChI=1S/C13H10FNO4/c1-19-12-3-2-7(4-9(12)14)10-5-8(13(17)18)11(16)6-15-10/h2-6,16H,1H3,(H,17,18). The molecule has 2 rings (SSSR count). The molecule has 0 fully saturated rings. The zero-order valence-electron chi connectivity index (χ0n) is 9.92. The lowest BCUT2D eigenvalue weighted by atomic mass is 10.1. The van der Waals surface area contributed by atoms with E-state index in [9.17, 15) is 14.3 Å². The summed E-state index contributed by atoms with van der Waals surface area (Å²) in [6.45, 7) is 0. The molecule has 0 amide bonds. The van der Waals surface area contributed by atoms with Gasteiger partial charge in [-0.25, -0.2) is 9.18 Å². The van der Waals surface area contributed by atoms with Crippen LogP contribution in [0.15, 0.2) is 30.5 Å². The van der Waals surface area contributed by atoms with Crippen LogP contribution in [0.3, 0.4) is 0 Å². The van der Waals surface area contributed by atoms with Crippen molar-refractivity contribution in [1.82, 2.24) is 4.98 Å². The second-order valence-electron chi connectivity index (χ2n) is 3.74. The van der Waals surface area contributed by atoms with Crippen molar-refractivity contribution in [3.8, 4) is 22.8 Å². The molecule has 0 aliphatic carbocycles. The fourth-order valence-electron chi connectivity index (χ4n) is 1.60. The monoisotopic (exact) mass is 263 g/mol. The highest BCUT2D eigenvalue weighted by Gasteiger charge is 2.13. The number of carboxylic acid groups (broad SMARTS) is 1. The number of hydrogen-bond donors (Lipinski definition) is 2. The highest BCUT2D eigenvalue weighted by molar-refractivity contribution is 5.91. The molecule has 2 N–H and O–H groups in total. The molecule has 1 aromatic heterocycles. The van der Waals surface area contributed by atoms with Crippen LogP contribution in [0.1, 0.15) is 10.4 Å². The molecule has 0 atom stereocenters. The van der Waals surface area contributed by atoms with Crippen LogP contribution in [0.2, 0.25) is 0 Å². The molecule has 0 bridgehead atoms. The first-order valence-corrected chi connectivity index (χ1v) is 5.29. The van der Waals surface area contributed by atoms with E-state index in [1.807, 2.05) is 0 Å². The van der Waals surface area contributed by atoms with E-state index in [0.29, 0.717) is 5.56 Å². The van der Waals surface area contributed by atoms with Gasteiger partial charge >= 0.3 is 5.97 Å². The van der Waals surface area contributed by atoms with Gasteiger partial charge in [-0.1, -0.05) is 0 Å². The van der Waals surface area contributed by atoms with Crippen molar-refractivity contribution in [2.24, 2.45) is 0 Å². The van der Waals surface area contributed by atoms with Crippen molar-refractivity contribution in [3.63, 3.8) is 0 Å². The van der Waals surface area contributed by atoms with E-state index in [0.717, 1.165) is 6.20 Å². The summed E-state index contributed by atoms with van der Waals surface area (Å²) in [6, 6.07) is 5.33. The first-order valence-electron chi connectivity index (χ1n) is 5.29. The Labute approximate surface area is 107 Å². The Hall–Kier alpha value is -2.63. The van der Waals surface area contributed by atoms with Gasteiger partial charge in [-0.15, -0.1) is 0 Å². The fourth-order valence-corrected chi connectivity index (χ4v) is 1.60. The minimum atomic E-state index is -1.28. The molecule has 19 heavy (non-hydrogen) atoms. The maximum atomic E-state index is 13.6. The van der Waals surface area contributed by atoms with Crippen LogP contribution in [-0.4, -0.2) is 28.3 Å². The number of carbonyl (C=O) groups is 1. The second kappa shape index (κ2) is 4.93. The Morgan fingerprint density at radius 1 is 1.37 bits per heavy atom. The van der Waals surface area contributed by atoms with E-state index in [1.165, 1.54) is 25.3 Å². The van der Waals surface area contributed by atoms with E-state index in [2.05, 4.69) is 4.98 Å². The van der Waals surface area contributed by atoms with E-state index in [-0.39, 0.29) is 17.0 Å². The second-order valence-corrected chi connectivity index (χ2v) is 3.74. The summed E-state index contributed by atoms with van der Waals surface area (Å²) in [7, 11) is 1.35. The normalized spacial score (nSPS) is 10.2. The molecule has 0 saturated carbocycles. The molecule has 0 radical (unpaired) electrons. The largest absolute Gasteiger partial charge is 0.505 e. The van der Waals surface area contributed by atoms with Crippen LogP contribution >= 0.6 is 0 Å². The Bertz CT molecular complexity index is 643. The number of methoxy groups -OCH3 is 1. The number of pyridine rings is 1. The third-order valence-electron chi connectivity index (χ3n) is 2.56. The SMILES string of the molecule is COc1ccc(-c2cc(C(=O)O)c(O)cn2)cc1F. The third-order valence-corrected chi connectivity index (χ3v) is 2.56. The van der Waals surface area contributed by atoms with Gasteiger partial charge in [0, 0.05) is 5.56 Å². The number of halogens is 1. The van der Waals surface area contributed by atoms with E-state index < -0.39 is 17.5 Å². The first-order chi connectivity index (χ1) is 9.02. The summed E-state index contributed by atoms with van der Waals surface area (Å²) >= 11 is 0. The molecule has 1 heterocycles. The smallest absolute Gasteiger partial charge is 0.339 e. The van der Waals surface area contributed by atoms with E-state index in [1.54, 1.807) is 6.07 Å². The highest BCUT2D eigenvalue weighted by Crippen LogP contribution is 2.27. The molecular weight excluding hydrogens is 253 g/mol. The van der Waals surface area contributed by atoms with Crippen molar-refractivity contribution in [3.05, 3.63) is 41.8 Å². The van der Waals surface area contributed by atoms with Crippen LogP contribution < -0.4 is 4.74 Å². The van der Waals surface area contributed by atoms with Gasteiger partial charge in [0.2, 0.25) is 0 Å². The average Bonchev–Trinajstić information content (AvgIpc) is 2.38. The van der Waals surface area contributed by atoms with Gasteiger partial charge in [0.25, 0.3) is 0 Å². The fraction of sp³-hybridized carbons (Fsp3) is 0.0769. The van der Waals surface area contributed by atoms with Crippen LogP contribution in [-0.2, 0) is 0 Å². The van der Waals surface area contributed by atoms with Gasteiger partial charge in [-0.3, -0.25) is 4.98 Å². The van der Waals surface area contributed by atoms with Crippen molar-refractivity contribution in [2.45, 2.75) is 0 Å². The maximum Gasteiger partial charge on any atom is 0.339 e. The lowest BCUT2D eigenvalue weighted by molar-refractivity contribution is 0.0693. The predicted molar refractivity (Wildman–Crippen MR) is 64.8 cm³/mol. The summed E-state index contributed by atoms with van der Waals surface area (Å²) in [4.78, 5) is 14.8. The number of hydrogen-bond acceptors (Lipinski definition) is 4. The van der Waals surface area contributed by atoms with Crippen LogP contribution in [0.4, 0.5) is 4.39 Å². The van der Waals surface area contributed by atoms with Crippen molar-refractivity contribution < 1.29 is 24.1 Å². The summed E-state index contributed by atoms with van der Waals surface area (Å²) in [5.74, 6) is -2.21. The van der Waals surface area contributed by atoms with Crippen molar-refractivity contribution in [1.29, 1.82) is 0 Å². The van der Waals surface area contributed by atoms with Crippen LogP contribution in [0, 0.1) is 5.82 Å². The van der Waals surface area contributed by atoms with E-state index in [4.69, 9.17) is 9.84 Å².